The van der Waals surface area contributed by atoms with Crippen molar-refractivity contribution in [3.8, 4) is 11.5 Å². The lowest BCUT2D eigenvalue weighted by atomic mass is 9.77. The topological polar surface area (TPSA) is 29.5 Å². The molecule has 0 unspecified atom stereocenters. The molecular formula is C16H24O2. The molecule has 1 aliphatic heterocycles. The molecule has 0 aliphatic carbocycles. The molecule has 1 heterocycles. The fourth-order valence-electron chi connectivity index (χ4n) is 2.76. The summed E-state index contributed by atoms with van der Waals surface area (Å²) < 4.78 is 5.84. The maximum absolute atomic E-state index is 10.4. The number of phenols is 1. The highest BCUT2D eigenvalue weighted by Crippen LogP contribution is 2.46. The van der Waals surface area contributed by atoms with E-state index in [1.807, 2.05) is 6.07 Å². The van der Waals surface area contributed by atoms with Crippen molar-refractivity contribution < 1.29 is 9.84 Å². The quantitative estimate of drug-likeness (QED) is 0.754. The number of rotatable bonds is 0. The van der Waals surface area contributed by atoms with E-state index < -0.39 is 0 Å². The van der Waals surface area contributed by atoms with Crippen molar-refractivity contribution >= 4 is 0 Å². The Morgan fingerprint density at radius 1 is 1.06 bits per heavy atom. The summed E-state index contributed by atoms with van der Waals surface area (Å²) in [6, 6.07) is 1.89. The minimum Gasteiger partial charge on any atom is -0.508 e. The van der Waals surface area contributed by atoms with Crippen molar-refractivity contribution in [2.75, 3.05) is 6.61 Å². The summed E-state index contributed by atoms with van der Waals surface area (Å²) in [5.41, 5.74) is 3.29. The Kier molecular flexibility index (Phi) is 2.88. The molecule has 0 saturated carbocycles. The molecule has 18 heavy (non-hydrogen) atoms. The minimum absolute atomic E-state index is 0.0116. The van der Waals surface area contributed by atoms with Crippen LogP contribution in [0.15, 0.2) is 6.07 Å². The van der Waals surface area contributed by atoms with E-state index in [1.54, 1.807) is 0 Å². The third-order valence-corrected chi connectivity index (χ3v) is 3.51. The summed E-state index contributed by atoms with van der Waals surface area (Å²) in [4.78, 5) is 0. The van der Waals surface area contributed by atoms with Gasteiger partial charge in [0.15, 0.2) is 0 Å². The predicted octanol–water partition coefficient (Wildman–Crippen LogP) is 3.92. The Morgan fingerprint density at radius 2 is 1.67 bits per heavy atom. The van der Waals surface area contributed by atoms with Crippen molar-refractivity contribution in [2.45, 2.75) is 58.8 Å². The number of ether oxygens (including phenoxy) is 1. The molecule has 0 bridgehead atoms. The summed E-state index contributed by atoms with van der Waals surface area (Å²) in [6.07, 6.45) is 0.902. The second-order valence-corrected chi connectivity index (χ2v) is 7.22. The van der Waals surface area contributed by atoms with E-state index in [1.165, 1.54) is 5.56 Å². The Morgan fingerprint density at radius 3 is 2.17 bits per heavy atom. The number of aromatic hydroxyl groups is 1. The molecule has 1 N–H and O–H groups in total. The highest BCUT2D eigenvalue weighted by atomic mass is 16.5. The summed E-state index contributed by atoms with van der Waals surface area (Å²) >= 11 is 0. The summed E-state index contributed by atoms with van der Waals surface area (Å²) in [6.45, 7) is 13.6. The van der Waals surface area contributed by atoms with E-state index in [9.17, 15) is 5.11 Å². The molecule has 2 rings (SSSR count). The molecule has 1 aromatic carbocycles. The summed E-state index contributed by atoms with van der Waals surface area (Å²) in [5.74, 6) is 1.42. The van der Waals surface area contributed by atoms with Gasteiger partial charge in [-0.05, 0) is 16.9 Å². The highest BCUT2D eigenvalue weighted by molar-refractivity contribution is 5.59. The van der Waals surface area contributed by atoms with E-state index in [4.69, 9.17) is 4.74 Å². The highest BCUT2D eigenvalue weighted by Gasteiger charge is 2.32. The number of benzene rings is 1. The largest absolute Gasteiger partial charge is 0.508 e. The van der Waals surface area contributed by atoms with Gasteiger partial charge in [0.1, 0.15) is 11.5 Å². The zero-order valence-corrected chi connectivity index (χ0v) is 12.3. The molecule has 1 aromatic rings. The smallest absolute Gasteiger partial charge is 0.126 e. The van der Waals surface area contributed by atoms with Crippen LogP contribution < -0.4 is 4.74 Å². The molecule has 0 spiro atoms. The maximum atomic E-state index is 10.4. The van der Waals surface area contributed by atoms with Crippen molar-refractivity contribution in [3.63, 3.8) is 0 Å². The van der Waals surface area contributed by atoms with E-state index in [2.05, 4.69) is 41.5 Å². The van der Waals surface area contributed by atoms with Gasteiger partial charge >= 0.3 is 0 Å². The molecule has 0 amide bonds. The number of hydrogen-bond donors (Lipinski definition) is 1. The number of phenolic OH excluding ortho intramolecular Hbond substituents is 1. The van der Waals surface area contributed by atoms with Gasteiger partial charge in [-0.25, -0.2) is 0 Å². The fourth-order valence-corrected chi connectivity index (χ4v) is 2.76. The molecular weight excluding hydrogens is 224 g/mol. The molecule has 0 fully saturated rings. The van der Waals surface area contributed by atoms with E-state index in [-0.39, 0.29) is 10.8 Å². The molecule has 0 aromatic heterocycles. The molecule has 0 atom stereocenters. The Labute approximate surface area is 110 Å². The van der Waals surface area contributed by atoms with Crippen LogP contribution in [0.1, 0.15) is 58.2 Å². The average Bonchev–Trinajstić information content (AvgIpc) is 2.60. The Hall–Kier alpha value is -1.18. The van der Waals surface area contributed by atoms with Crippen LogP contribution in [0.4, 0.5) is 0 Å². The molecule has 100 valence electrons. The predicted molar refractivity (Wildman–Crippen MR) is 74.7 cm³/mol. The first-order valence-corrected chi connectivity index (χ1v) is 6.65. The first-order valence-electron chi connectivity index (χ1n) is 6.65. The lowest BCUT2D eigenvalue weighted by molar-refractivity contribution is 0.346. The number of hydrogen-bond acceptors (Lipinski definition) is 2. The van der Waals surface area contributed by atoms with Crippen LogP contribution in [-0.2, 0) is 17.3 Å². The third kappa shape index (κ3) is 2.09. The first kappa shape index (κ1) is 13.3. The first-order chi connectivity index (χ1) is 8.12. The van der Waals surface area contributed by atoms with Crippen molar-refractivity contribution in [1.29, 1.82) is 0 Å². The molecule has 0 radical (unpaired) electrons. The van der Waals surface area contributed by atoms with E-state index in [0.717, 1.165) is 29.9 Å². The number of fused-ring (bicyclic) bond motifs is 1. The summed E-state index contributed by atoms with van der Waals surface area (Å²) in [7, 11) is 0. The van der Waals surface area contributed by atoms with Crippen LogP contribution in [0.3, 0.4) is 0 Å². The zero-order chi connectivity index (χ0) is 13.7. The lowest BCUT2D eigenvalue weighted by Gasteiger charge is -2.28. The van der Waals surface area contributed by atoms with Gasteiger partial charge in [-0.2, -0.15) is 0 Å². The van der Waals surface area contributed by atoms with Crippen LogP contribution >= 0.6 is 0 Å². The lowest BCUT2D eigenvalue weighted by Crippen LogP contribution is -2.17. The van der Waals surface area contributed by atoms with Gasteiger partial charge in [-0.3, -0.25) is 0 Å². The van der Waals surface area contributed by atoms with Crippen LogP contribution in [0, 0.1) is 0 Å². The van der Waals surface area contributed by atoms with Crippen LogP contribution in [0.5, 0.6) is 11.5 Å². The normalized spacial score (nSPS) is 15.4. The Balaban J connectivity index is 2.73. The van der Waals surface area contributed by atoms with Crippen LogP contribution in [0.25, 0.3) is 0 Å². The average molecular weight is 248 g/mol. The van der Waals surface area contributed by atoms with E-state index in [0.29, 0.717) is 5.75 Å². The minimum atomic E-state index is -0.0573. The molecule has 1 aliphatic rings. The van der Waals surface area contributed by atoms with Crippen LogP contribution in [-0.4, -0.2) is 11.7 Å². The third-order valence-electron chi connectivity index (χ3n) is 3.51. The van der Waals surface area contributed by atoms with Crippen LogP contribution in [0.2, 0.25) is 0 Å². The van der Waals surface area contributed by atoms with Crippen molar-refractivity contribution in [3.05, 3.63) is 22.8 Å². The second kappa shape index (κ2) is 3.91. The van der Waals surface area contributed by atoms with Gasteiger partial charge in [0.05, 0.1) is 6.61 Å². The SMILES string of the molecule is CC(C)(C)c1cc(O)c(C(C)(C)C)c2c1OCC2. The van der Waals surface area contributed by atoms with Crippen molar-refractivity contribution in [2.24, 2.45) is 0 Å². The van der Waals surface area contributed by atoms with E-state index >= 15 is 0 Å². The second-order valence-electron chi connectivity index (χ2n) is 7.22. The molecule has 2 heteroatoms. The molecule has 2 nitrogen and oxygen atoms in total. The molecule has 0 saturated heterocycles. The summed E-state index contributed by atoms with van der Waals surface area (Å²) in [5, 5.41) is 10.4. The van der Waals surface area contributed by atoms with Gasteiger partial charge in [0.25, 0.3) is 0 Å². The maximum Gasteiger partial charge on any atom is 0.126 e. The zero-order valence-electron chi connectivity index (χ0n) is 12.3. The monoisotopic (exact) mass is 248 g/mol. The Bertz CT molecular complexity index is 473. The fraction of sp³-hybridized carbons (Fsp3) is 0.625. The van der Waals surface area contributed by atoms with Gasteiger partial charge in [0.2, 0.25) is 0 Å². The standard InChI is InChI=1S/C16H24O2/c1-15(2,3)11-9-12(17)13(16(4,5)6)10-7-8-18-14(10)11/h9,17H,7-8H2,1-6H3. The van der Waals surface area contributed by atoms with Gasteiger partial charge < -0.3 is 9.84 Å². The van der Waals surface area contributed by atoms with Gasteiger partial charge in [-0.15, -0.1) is 0 Å². The van der Waals surface area contributed by atoms with Gasteiger partial charge in [-0.1, -0.05) is 41.5 Å². The van der Waals surface area contributed by atoms with Gasteiger partial charge in [0, 0.05) is 23.1 Å². The van der Waals surface area contributed by atoms with Crippen molar-refractivity contribution in [1.82, 2.24) is 0 Å².